The minimum atomic E-state index is -3.23. The summed E-state index contributed by atoms with van der Waals surface area (Å²) < 4.78 is 24.6. The highest BCUT2D eigenvalue weighted by Crippen LogP contribution is 2.17. The Bertz CT molecular complexity index is 785. The van der Waals surface area contributed by atoms with E-state index >= 15 is 0 Å². The molecule has 0 amide bonds. The molecule has 0 heterocycles. The Morgan fingerprint density at radius 3 is 2.29 bits per heavy atom. The van der Waals surface area contributed by atoms with E-state index in [0.29, 0.717) is 11.1 Å². The average Bonchev–Trinajstić information content (AvgIpc) is 2.43. The quantitative estimate of drug-likeness (QED) is 0.870. The zero-order chi connectivity index (χ0) is 15.5. The Morgan fingerprint density at radius 2 is 1.67 bits per heavy atom. The van der Waals surface area contributed by atoms with Crippen molar-refractivity contribution in [2.45, 2.75) is 25.4 Å². The van der Waals surface area contributed by atoms with Gasteiger partial charge in [0.2, 0.25) is 0 Å². The maximum Gasteiger partial charge on any atom is 0.158 e. The number of hydrogen-bond donors (Lipinski definition) is 0. The van der Waals surface area contributed by atoms with Gasteiger partial charge in [-0.2, -0.15) is 5.26 Å². The van der Waals surface area contributed by atoms with Crippen LogP contribution in [-0.4, -0.2) is 8.42 Å². The van der Waals surface area contributed by atoms with Gasteiger partial charge in [0.15, 0.2) is 9.84 Å². The molecule has 2 aromatic carbocycles. The van der Waals surface area contributed by atoms with Gasteiger partial charge in [0.05, 0.1) is 23.1 Å². The van der Waals surface area contributed by atoms with E-state index in [2.05, 4.69) is 0 Å². The SMILES string of the molecule is Cc1ccc(C)c(CS(=O)(=O)Cc2ccc(C#N)cc2)c1. The zero-order valence-corrected chi connectivity index (χ0v) is 12.9. The van der Waals surface area contributed by atoms with Crippen molar-refractivity contribution in [3.63, 3.8) is 0 Å². The van der Waals surface area contributed by atoms with Gasteiger partial charge < -0.3 is 0 Å². The molecule has 4 heteroatoms. The highest BCUT2D eigenvalue weighted by Gasteiger charge is 2.14. The first kappa shape index (κ1) is 15.3. The minimum Gasteiger partial charge on any atom is -0.228 e. The van der Waals surface area contributed by atoms with Gasteiger partial charge in [-0.15, -0.1) is 0 Å². The van der Waals surface area contributed by atoms with Crippen molar-refractivity contribution in [1.29, 1.82) is 5.26 Å². The van der Waals surface area contributed by atoms with Crippen LogP contribution in [0.3, 0.4) is 0 Å². The van der Waals surface area contributed by atoms with Crippen molar-refractivity contribution < 1.29 is 8.42 Å². The molecule has 0 aliphatic heterocycles. The van der Waals surface area contributed by atoms with Gasteiger partial charge in [0.1, 0.15) is 0 Å². The van der Waals surface area contributed by atoms with Gasteiger partial charge >= 0.3 is 0 Å². The van der Waals surface area contributed by atoms with Gasteiger partial charge in [-0.3, -0.25) is 0 Å². The summed E-state index contributed by atoms with van der Waals surface area (Å²) in [7, 11) is -3.23. The van der Waals surface area contributed by atoms with Crippen molar-refractivity contribution in [2.24, 2.45) is 0 Å². The molecule has 21 heavy (non-hydrogen) atoms. The van der Waals surface area contributed by atoms with Gasteiger partial charge in [-0.05, 0) is 42.7 Å². The summed E-state index contributed by atoms with van der Waals surface area (Å²) in [6.07, 6.45) is 0. The molecule has 2 rings (SSSR count). The van der Waals surface area contributed by atoms with Crippen LogP contribution in [0, 0.1) is 25.2 Å². The third kappa shape index (κ3) is 4.17. The fourth-order valence-electron chi connectivity index (χ4n) is 2.17. The fourth-order valence-corrected chi connectivity index (χ4v) is 3.76. The van der Waals surface area contributed by atoms with Crippen molar-refractivity contribution in [2.75, 3.05) is 0 Å². The number of rotatable bonds is 4. The summed E-state index contributed by atoms with van der Waals surface area (Å²) in [5.41, 5.74) is 4.14. The molecule has 0 aliphatic rings. The lowest BCUT2D eigenvalue weighted by atomic mass is 10.1. The number of aryl methyl sites for hydroxylation is 2. The van der Waals surface area contributed by atoms with Crippen molar-refractivity contribution in [3.05, 3.63) is 70.3 Å². The maximum atomic E-state index is 12.3. The van der Waals surface area contributed by atoms with E-state index in [0.717, 1.165) is 16.7 Å². The third-order valence-electron chi connectivity index (χ3n) is 3.35. The predicted octanol–water partition coefficient (Wildman–Crippen LogP) is 3.29. The lowest BCUT2D eigenvalue weighted by Crippen LogP contribution is -2.09. The van der Waals surface area contributed by atoms with E-state index in [9.17, 15) is 8.42 Å². The number of benzene rings is 2. The monoisotopic (exact) mass is 299 g/mol. The fraction of sp³-hybridized carbons (Fsp3) is 0.235. The lowest BCUT2D eigenvalue weighted by molar-refractivity contribution is 0.594. The van der Waals surface area contributed by atoms with Crippen LogP contribution >= 0.6 is 0 Å². The second kappa shape index (κ2) is 6.11. The lowest BCUT2D eigenvalue weighted by Gasteiger charge is -2.09. The highest BCUT2D eigenvalue weighted by molar-refractivity contribution is 7.89. The average molecular weight is 299 g/mol. The molecule has 0 N–H and O–H groups in total. The van der Waals surface area contributed by atoms with Crippen LogP contribution in [0.2, 0.25) is 0 Å². The van der Waals surface area contributed by atoms with Gasteiger partial charge in [-0.1, -0.05) is 35.9 Å². The molecule has 0 radical (unpaired) electrons. The predicted molar refractivity (Wildman–Crippen MR) is 83.4 cm³/mol. The summed E-state index contributed by atoms with van der Waals surface area (Å²) in [4.78, 5) is 0. The summed E-state index contributed by atoms with van der Waals surface area (Å²) in [6, 6.07) is 14.5. The third-order valence-corrected chi connectivity index (χ3v) is 4.87. The summed E-state index contributed by atoms with van der Waals surface area (Å²) >= 11 is 0. The van der Waals surface area contributed by atoms with Crippen LogP contribution in [0.1, 0.15) is 27.8 Å². The second-order valence-electron chi connectivity index (χ2n) is 5.27. The topological polar surface area (TPSA) is 57.9 Å². The Kier molecular flexibility index (Phi) is 4.44. The molecule has 0 saturated heterocycles. The summed E-state index contributed by atoms with van der Waals surface area (Å²) in [6.45, 7) is 3.88. The van der Waals surface area contributed by atoms with Crippen molar-refractivity contribution in [1.82, 2.24) is 0 Å². The Morgan fingerprint density at radius 1 is 1.00 bits per heavy atom. The molecule has 2 aromatic rings. The summed E-state index contributed by atoms with van der Waals surface area (Å²) in [5.74, 6) is 0.0343. The van der Waals surface area contributed by atoms with E-state index in [1.54, 1.807) is 24.3 Å². The molecule has 0 saturated carbocycles. The normalized spacial score (nSPS) is 11.1. The molecule has 0 aromatic heterocycles. The molecular weight excluding hydrogens is 282 g/mol. The molecule has 0 aliphatic carbocycles. The number of sulfone groups is 1. The first-order chi connectivity index (χ1) is 9.89. The number of nitrogens with zero attached hydrogens (tertiary/aromatic N) is 1. The smallest absolute Gasteiger partial charge is 0.158 e. The first-order valence-corrected chi connectivity index (χ1v) is 8.47. The highest BCUT2D eigenvalue weighted by atomic mass is 32.2. The second-order valence-corrected chi connectivity index (χ2v) is 7.34. The molecule has 3 nitrogen and oxygen atoms in total. The first-order valence-electron chi connectivity index (χ1n) is 6.65. The summed E-state index contributed by atoms with van der Waals surface area (Å²) in [5, 5.41) is 8.74. The van der Waals surface area contributed by atoms with E-state index in [-0.39, 0.29) is 11.5 Å². The molecule has 0 fully saturated rings. The van der Waals surface area contributed by atoms with Crippen LogP contribution < -0.4 is 0 Å². The van der Waals surface area contributed by atoms with Crippen LogP contribution in [0.4, 0.5) is 0 Å². The Labute approximate surface area is 125 Å². The zero-order valence-electron chi connectivity index (χ0n) is 12.1. The van der Waals surface area contributed by atoms with Gasteiger partial charge in [0, 0.05) is 0 Å². The molecule has 0 unspecified atom stereocenters. The molecule has 0 atom stereocenters. The Balaban J connectivity index is 2.18. The van der Waals surface area contributed by atoms with Gasteiger partial charge in [0.25, 0.3) is 0 Å². The number of hydrogen-bond acceptors (Lipinski definition) is 3. The van der Waals surface area contributed by atoms with E-state index < -0.39 is 9.84 Å². The maximum absolute atomic E-state index is 12.3. The van der Waals surface area contributed by atoms with Crippen LogP contribution in [-0.2, 0) is 21.3 Å². The standard InChI is InChI=1S/C17H17NO2S/c1-13-3-4-14(2)17(9-13)12-21(19,20)11-16-7-5-15(10-18)6-8-16/h3-9H,11-12H2,1-2H3. The van der Waals surface area contributed by atoms with Crippen molar-refractivity contribution in [3.8, 4) is 6.07 Å². The molecule has 0 bridgehead atoms. The van der Waals surface area contributed by atoms with E-state index in [1.807, 2.05) is 38.1 Å². The van der Waals surface area contributed by atoms with Crippen LogP contribution in [0.5, 0.6) is 0 Å². The van der Waals surface area contributed by atoms with E-state index in [1.165, 1.54) is 0 Å². The molecule has 108 valence electrons. The minimum absolute atomic E-state index is 0.00785. The molecular formula is C17H17NO2S. The largest absolute Gasteiger partial charge is 0.228 e. The number of nitriles is 1. The van der Waals surface area contributed by atoms with Crippen LogP contribution in [0.15, 0.2) is 42.5 Å². The van der Waals surface area contributed by atoms with Crippen molar-refractivity contribution >= 4 is 9.84 Å². The molecule has 0 spiro atoms. The van der Waals surface area contributed by atoms with Gasteiger partial charge in [-0.25, -0.2) is 8.42 Å². The Hall–Kier alpha value is -2.12. The van der Waals surface area contributed by atoms with Crippen LogP contribution in [0.25, 0.3) is 0 Å². The van der Waals surface area contributed by atoms with E-state index in [4.69, 9.17) is 5.26 Å².